The van der Waals surface area contributed by atoms with E-state index in [2.05, 4.69) is 0 Å². The number of rotatable bonds is 2. The summed E-state index contributed by atoms with van der Waals surface area (Å²) < 4.78 is 52.7. The Labute approximate surface area is 169 Å². The van der Waals surface area contributed by atoms with Crippen molar-refractivity contribution in [2.24, 2.45) is 0 Å². The number of fused-ring (bicyclic) bond motifs is 3. The third kappa shape index (κ3) is 4.80. The molecule has 0 unspecified atom stereocenters. The van der Waals surface area contributed by atoms with Crippen LogP contribution in [-0.4, -0.2) is 28.6 Å². The Morgan fingerprint density at radius 2 is 1.90 bits per heavy atom. The van der Waals surface area contributed by atoms with E-state index in [4.69, 9.17) is 13.3 Å². The van der Waals surface area contributed by atoms with Crippen molar-refractivity contribution in [2.45, 2.75) is 51.8 Å². The van der Waals surface area contributed by atoms with Crippen molar-refractivity contribution >= 4 is 29.1 Å². The molecule has 158 valence electrons. The quantitative estimate of drug-likeness (QED) is 0.496. The fourth-order valence-corrected chi connectivity index (χ4v) is 3.47. The molecule has 0 N–H and O–H groups in total. The molecule has 0 fully saturated rings. The van der Waals surface area contributed by atoms with Crippen molar-refractivity contribution < 1.29 is 31.3 Å². The van der Waals surface area contributed by atoms with E-state index in [1.54, 1.807) is 26.8 Å². The van der Waals surface area contributed by atoms with E-state index in [0.717, 1.165) is 0 Å². The Bertz CT molecular complexity index is 1010. The molecular weight excluding hydrogens is 411 g/mol. The highest BCUT2D eigenvalue weighted by Crippen LogP contribution is 2.37. The first-order valence-corrected chi connectivity index (χ1v) is 9.58. The first kappa shape index (κ1) is 21.4. The molecule has 0 saturated carbocycles. The van der Waals surface area contributed by atoms with E-state index in [-0.39, 0.29) is 17.9 Å². The highest BCUT2D eigenvalue weighted by atomic mass is 32.2. The predicted molar refractivity (Wildman–Crippen MR) is 102 cm³/mol. The Kier molecular flexibility index (Phi) is 5.50. The van der Waals surface area contributed by atoms with Gasteiger partial charge in [-0.2, -0.15) is 13.2 Å². The van der Waals surface area contributed by atoms with Gasteiger partial charge in [0.2, 0.25) is 0 Å². The molecule has 1 amide bonds. The van der Waals surface area contributed by atoms with E-state index in [1.807, 2.05) is 0 Å². The van der Waals surface area contributed by atoms with Crippen LogP contribution < -0.4 is 9.81 Å². The van der Waals surface area contributed by atoms with Crippen molar-refractivity contribution in [2.75, 3.05) is 6.54 Å². The fourth-order valence-electron chi connectivity index (χ4n) is 3.11. The zero-order valence-electron chi connectivity index (χ0n) is 16.3. The number of carbonyl (C=O) groups is 1. The number of alkyl halides is 3. The van der Waals surface area contributed by atoms with Gasteiger partial charge in [0.1, 0.15) is 16.9 Å². The van der Waals surface area contributed by atoms with E-state index in [9.17, 15) is 22.8 Å². The third-order valence-electron chi connectivity index (χ3n) is 4.35. The molecule has 2 heterocycles. The van der Waals surface area contributed by atoms with Crippen molar-refractivity contribution in [3.05, 3.63) is 39.2 Å². The first-order valence-electron chi connectivity index (χ1n) is 8.84. The van der Waals surface area contributed by atoms with Gasteiger partial charge in [-0.15, -0.1) is 0 Å². The number of aryl methyl sites for hydroxylation is 1. The van der Waals surface area contributed by atoms with Gasteiger partial charge in [0.05, 0.1) is 12.1 Å². The summed E-state index contributed by atoms with van der Waals surface area (Å²) in [6.07, 6.45) is -0.125. The number of halogens is 3. The van der Waals surface area contributed by atoms with Crippen LogP contribution in [0.2, 0.25) is 0 Å². The van der Waals surface area contributed by atoms with Crippen molar-refractivity contribution in [1.29, 1.82) is 0 Å². The smallest absolute Gasteiger partial charge is 0.444 e. The molecule has 2 aromatic rings. The lowest BCUT2D eigenvalue weighted by molar-refractivity contribution is -0.0369. The Balaban J connectivity index is 1.94. The van der Waals surface area contributed by atoms with Crippen LogP contribution in [0.4, 0.5) is 18.0 Å². The average Bonchev–Trinajstić information content (AvgIpc) is 2.59. The minimum Gasteiger partial charge on any atom is -0.444 e. The van der Waals surface area contributed by atoms with E-state index >= 15 is 0 Å². The monoisotopic (exact) mass is 431 g/mol. The summed E-state index contributed by atoms with van der Waals surface area (Å²) in [6.45, 7) is 7.18. The molecule has 0 atom stereocenters. The van der Waals surface area contributed by atoms with Gasteiger partial charge in [-0.05, 0) is 51.8 Å². The van der Waals surface area contributed by atoms with Crippen molar-refractivity contribution in [3.8, 4) is 5.75 Å². The second-order valence-electron chi connectivity index (χ2n) is 7.68. The number of ether oxygens (including phenoxy) is 1. The summed E-state index contributed by atoms with van der Waals surface area (Å²) in [4.78, 5) is 26.3. The molecular formula is C19H20F3NO5S. The molecule has 0 saturated heterocycles. The molecule has 1 aliphatic heterocycles. The second kappa shape index (κ2) is 7.47. The highest BCUT2D eigenvalue weighted by molar-refractivity contribution is 7.95. The van der Waals surface area contributed by atoms with Gasteiger partial charge in [-0.25, -0.2) is 9.59 Å². The minimum absolute atomic E-state index is 0.0332. The SMILES string of the molecule is Cc1c(OSC(F)(F)F)ccc2c3c(c(=O)oc12)CN(C(=O)OC(C)(C)C)CC3. The molecule has 1 aromatic heterocycles. The lowest BCUT2D eigenvalue weighted by atomic mass is 9.96. The Morgan fingerprint density at radius 3 is 2.52 bits per heavy atom. The molecule has 0 radical (unpaired) electrons. The molecule has 1 aliphatic rings. The number of benzene rings is 1. The van der Waals surface area contributed by atoms with Gasteiger partial charge < -0.3 is 18.2 Å². The van der Waals surface area contributed by atoms with Gasteiger partial charge in [-0.1, -0.05) is 0 Å². The lowest BCUT2D eigenvalue weighted by Crippen LogP contribution is -2.41. The van der Waals surface area contributed by atoms with E-state index in [0.29, 0.717) is 35.0 Å². The summed E-state index contributed by atoms with van der Waals surface area (Å²) in [5, 5.41) is 0.616. The Morgan fingerprint density at radius 1 is 1.21 bits per heavy atom. The average molecular weight is 431 g/mol. The highest BCUT2D eigenvalue weighted by Gasteiger charge is 2.32. The van der Waals surface area contributed by atoms with Gasteiger partial charge in [0, 0.05) is 17.5 Å². The second-order valence-corrected chi connectivity index (χ2v) is 8.47. The Hall–Kier alpha value is -2.36. The topological polar surface area (TPSA) is 69.0 Å². The fraction of sp³-hybridized carbons (Fsp3) is 0.474. The maximum atomic E-state index is 12.5. The number of carbonyl (C=O) groups excluding carboxylic acids is 1. The molecule has 29 heavy (non-hydrogen) atoms. The third-order valence-corrected chi connectivity index (χ3v) is 4.80. The van der Waals surface area contributed by atoms with Crippen LogP contribution in [0.15, 0.2) is 21.3 Å². The lowest BCUT2D eigenvalue weighted by Gasteiger charge is -2.31. The van der Waals surface area contributed by atoms with Crippen LogP contribution in [0.3, 0.4) is 0 Å². The summed E-state index contributed by atoms with van der Waals surface area (Å²) in [6, 6.07) is 2.98. The van der Waals surface area contributed by atoms with Gasteiger partial charge in [0.25, 0.3) is 0 Å². The van der Waals surface area contributed by atoms with Crippen molar-refractivity contribution in [3.63, 3.8) is 0 Å². The molecule has 0 bridgehead atoms. The van der Waals surface area contributed by atoms with E-state index < -0.39 is 34.9 Å². The van der Waals surface area contributed by atoms with Gasteiger partial charge in [-0.3, -0.25) is 0 Å². The predicted octanol–water partition coefficient (Wildman–Crippen LogP) is 4.94. The number of nitrogens with zero attached hydrogens (tertiary/aromatic N) is 1. The summed E-state index contributed by atoms with van der Waals surface area (Å²) >= 11 is -0.628. The summed E-state index contributed by atoms with van der Waals surface area (Å²) in [5.74, 6) is -0.0332. The standard InChI is InChI=1S/C19H20F3NO5S/c1-10-14(28-29-19(20,21)22)6-5-12-11-7-8-23(17(25)27-18(2,3)4)9-13(11)16(24)26-15(10)12/h5-6H,7-9H2,1-4H3. The zero-order valence-corrected chi connectivity index (χ0v) is 17.1. The van der Waals surface area contributed by atoms with Crippen LogP contribution in [0.5, 0.6) is 5.75 Å². The molecule has 3 rings (SSSR count). The van der Waals surface area contributed by atoms with Crippen LogP contribution in [0.1, 0.15) is 37.5 Å². The molecule has 1 aromatic carbocycles. The van der Waals surface area contributed by atoms with E-state index in [1.165, 1.54) is 17.9 Å². The maximum absolute atomic E-state index is 12.5. The first-order chi connectivity index (χ1) is 13.4. The maximum Gasteiger partial charge on any atom is 0.479 e. The van der Waals surface area contributed by atoms with Crippen LogP contribution >= 0.6 is 12.0 Å². The molecule has 10 heteroatoms. The summed E-state index contributed by atoms with van der Waals surface area (Å²) in [5.41, 5.74) is -4.31. The van der Waals surface area contributed by atoms with Crippen LogP contribution in [-0.2, 0) is 17.7 Å². The molecule has 0 aliphatic carbocycles. The zero-order chi connectivity index (χ0) is 21.6. The van der Waals surface area contributed by atoms with Crippen LogP contribution in [0.25, 0.3) is 11.0 Å². The van der Waals surface area contributed by atoms with Crippen molar-refractivity contribution in [1.82, 2.24) is 4.90 Å². The summed E-state index contributed by atoms with van der Waals surface area (Å²) in [7, 11) is 0. The molecule has 0 spiro atoms. The molecule has 6 nitrogen and oxygen atoms in total. The van der Waals surface area contributed by atoms with Gasteiger partial charge in [0.15, 0.2) is 12.0 Å². The number of hydrogen-bond acceptors (Lipinski definition) is 6. The number of hydrogen-bond donors (Lipinski definition) is 0. The number of amides is 1. The van der Waals surface area contributed by atoms with Gasteiger partial charge >= 0.3 is 17.2 Å². The largest absolute Gasteiger partial charge is 0.479 e. The minimum atomic E-state index is -4.55. The van der Waals surface area contributed by atoms with Crippen LogP contribution in [0, 0.1) is 6.92 Å². The normalized spacial score (nSPS) is 14.7.